The van der Waals surface area contributed by atoms with E-state index < -0.39 is 5.54 Å². The van der Waals surface area contributed by atoms with Crippen molar-refractivity contribution in [3.05, 3.63) is 0 Å². The molecule has 0 aromatic heterocycles. The number of rotatable bonds is 8. The first-order valence-electron chi connectivity index (χ1n) is 8.25. The van der Waals surface area contributed by atoms with E-state index >= 15 is 0 Å². The van der Waals surface area contributed by atoms with Gasteiger partial charge in [-0.3, -0.25) is 4.79 Å². The second-order valence-corrected chi connectivity index (χ2v) is 7.08. The number of primary amides is 1. The molecule has 1 heterocycles. The molecule has 0 saturated carbocycles. The summed E-state index contributed by atoms with van der Waals surface area (Å²) >= 11 is 0. The Balaban J connectivity index is 2.30. The zero-order valence-corrected chi connectivity index (χ0v) is 14.5. The average molecular weight is 298 g/mol. The minimum atomic E-state index is -0.580. The summed E-state index contributed by atoms with van der Waals surface area (Å²) in [5, 5.41) is 3.31. The van der Waals surface area contributed by atoms with Gasteiger partial charge >= 0.3 is 0 Å². The number of hydrogen-bond acceptors (Lipinski definition) is 4. The second kappa shape index (κ2) is 8.11. The van der Waals surface area contributed by atoms with Crippen LogP contribution in [0.5, 0.6) is 0 Å². The number of nitrogens with one attached hydrogen (secondary N) is 1. The maximum Gasteiger partial charge on any atom is 0.237 e. The van der Waals surface area contributed by atoms with Crippen LogP contribution in [0.25, 0.3) is 0 Å². The van der Waals surface area contributed by atoms with E-state index in [1.807, 2.05) is 20.8 Å². The van der Waals surface area contributed by atoms with Crippen LogP contribution in [-0.2, 0) is 4.79 Å². The van der Waals surface area contributed by atoms with Gasteiger partial charge in [0, 0.05) is 31.7 Å². The Morgan fingerprint density at radius 3 is 2.57 bits per heavy atom. The fourth-order valence-corrected chi connectivity index (χ4v) is 3.04. The molecule has 21 heavy (non-hydrogen) atoms. The van der Waals surface area contributed by atoms with Gasteiger partial charge in [-0.2, -0.15) is 0 Å². The first-order valence-corrected chi connectivity index (χ1v) is 8.25. The Hall–Kier alpha value is -0.650. The molecule has 1 amide bonds. The number of unbranched alkanes of at least 4 members (excludes halogenated alkanes) is 1. The SMILES string of the molecule is CC(C)NC(C)(CCCCN1CCN(C)C(C)C1)C(N)=O. The molecule has 1 aliphatic heterocycles. The van der Waals surface area contributed by atoms with E-state index in [9.17, 15) is 4.79 Å². The zero-order chi connectivity index (χ0) is 16.0. The third-order valence-electron chi connectivity index (χ3n) is 4.60. The van der Waals surface area contributed by atoms with Crippen LogP contribution in [0.3, 0.4) is 0 Å². The summed E-state index contributed by atoms with van der Waals surface area (Å²) in [6, 6.07) is 0.901. The smallest absolute Gasteiger partial charge is 0.237 e. The van der Waals surface area contributed by atoms with Crippen molar-refractivity contribution >= 4 is 5.91 Å². The third kappa shape index (κ3) is 5.93. The maximum absolute atomic E-state index is 11.7. The van der Waals surface area contributed by atoms with E-state index in [0.29, 0.717) is 6.04 Å². The molecule has 1 fully saturated rings. The molecular formula is C16H34N4O. The highest BCUT2D eigenvalue weighted by Gasteiger charge is 2.30. The molecule has 0 aromatic rings. The normalized spacial score (nSPS) is 24.2. The molecule has 2 unspecified atom stereocenters. The maximum atomic E-state index is 11.7. The van der Waals surface area contributed by atoms with E-state index in [4.69, 9.17) is 5.73 Å². The summed E-state index contributed by atoms with van der Waals surface area (Å²) in [6.07, 6.45) is 2.96. The molecule has 2 atom stereocenters. The molecule has 5 nitrogen and oxygen atoms in total. The summed E-state index contributed by atoms with van der Waals surface area (Å²) in [7, 11) is 2.19. The van der Waals surface area contributed by atoms with Gasteiger partial charge in [-0.1, -0.05) is 0 Å². The molecule has 1 aliphatic rings. The van der Waals surface area contributed by atoms with Crippen molar-refractivity contribution in [2.45, 2.75) is 64.6 Å². The van der Waals surface area contributed by atoms with Crippen molar-refractivity contribution in [3.63, 3.8) is 0 Å². The number of carbonyl (C=O) groups excluding carboxylic acids is 1. The Kier molecular flexibility index (Phi) is 7.10. The van der Waals surface area contributed by atoms with Crippen LogP contribution in [0.15, 0.2) is 0 Å². The molecule has 0 spiro atoms. The highest BCUT2D eigenvalue weighted by Crippen LogP contribution is 2.16. The minimum Gasteiger partial charge on any atom is -0.368 e. The van der Waals surface area contributed by atoms with Crippen LogP contribution < -0.4 is 11.1 Å². The van der Waals surface area contributed by atoms with Crippen molar-refractivity contribution in [1.82, 2.24) is 15.1 Å². The molecule has 0 aromatic carbocycles. The fourth-order valence-electron chi connectivity index (χ4n) is 3.04. The minimum absolute atomic E-state index is 0.246. The van der Waals surface area contributed by atoms with Gasteiger partial charge in [0.05, 0.1) is 5.54 Å². The number of amides is 1. The van der Waals surface area contributed by atoms with Crippen LogP contribution >= 0.6 is 0 Å². The predicted molar refractivity (Wildman–Crippen MR) is 88.3 cm³/mol. The largest absolute Gasteiger partial charge is 0.368 e. The van der Waals surface area contributed by atoms with Crippen molar-refractivity contribution < 1.29 is 4.79 Å². The van der Waals surface area contributed by atoms with Crippen LogP contribution in [0, 0.1) is 0 Å². The first kappa shape index (κ1) is 18.4. The molecular weight excluding hydrogens is 264 g/mol. The Morgan fingerprint density at radius 1 is 1.38 bits per heavy atom. The van der Waals surface area contributed by atoms with Crippen LogP contribution in [0.1, 0.15) is 47.0 Å². The fraction of sp³-hybridized carbons (Fsp3) is 0.938. The molecule has 1 saturated heterocycles. The average Bonchev–Trinajstić information content (AvgIpc) is 2.38. The highest BCUT2D eigenvalue weighted by molar-refractivity contribution is 5.84. The van der Waals surface area contributed by atoms with E-state index in [1.165, 1.54) is 0 Å². The summed E-state index contributed by atoms with van der Waals surface area (Å²) in [5.41, 5.74) is 4.98. The van der Waals surface area contributed by atoms with E-state index in [0.717, 1.165) is 45.4 Å². The van der Waals surface area contributed by atoms with E-state index in [1.54, 1.807) is 0 Å². The third-order valence-corrected chi connectivity index (χ3v) is 4.60. The lowest BCUT2D eigenvalue weighted by atomic mass is 9.93. The lowest BCUT2D eigenvalue weighted by Gasteiger charge is -2.38. The second-order valence-electron chi connectivity index (χ2n) is 7.08. The Morgan fingerprint density at radius 2 is 2.05 bits per heavy atom. The molecule has 124 valence electrons. The number of nitrogens with two attached hydrogens (primary N) is 1. The van der Waals surface area contributed by atoms with Gasteiger partial charge in [-0.15, -0.1) is 0 Å². The van der Waals surface area contributed by atoms with Gasteiger partial charge in [0.2, 0.25) is 5.91 Å². The Labute approximate surface area is 130 Å². The van der Waals surface area contributed by atoms with Crippen molar-refractivity contribution in [3.8, 4) is 0 Å². The lowest BCUT2D eigenvalue weighted by molar-refractivity contribution is -0.124. The molecule has 0 bridgehead atoms. The molecule has 1 rings (SSSR count). The van der Waals surface area contributed by atoms with Crippen molar-refractivity contribution in [2.75, 3.05) is 33.2 Å². The van der Waals surface area contributed by atoms with Crippen LogP contribution in [-0.4, -0.2) is 66.6 Å². The number of piperazine rings is 1. The Bertz CT molecular complexity index is 334. The molecule has 0 aliphatic carbocycles. The van der Waals surface area contributed by atoms with Gasteiger partial charge in [0.15, 0.2) is 0 Å². The zero-order valence-electron chi connectivity index (χ0n) is 14.5. The van der Waals surface area contributed by atoms with Crippen molar-refractivity contribution in [1.29, 1.82) is 0 Å². The monoisotopic (exact) mass is 298 g/mol. The van der Waals surface area contributed by atoms with Gasteiger partial charge in [-0.05, 0) is 60.5 Å². The summed E-state index contributed by atoms with van der Waals surface area (Å²) in [6.45, 7) is 12.9. The highest BCUT2D eigenvalue weighted by atomic mass is 16.1. The van der Waals surface area contributed by atoms with Crippen LogP contribution in [0.2, 0.25) is 0 Å². The van der Waals surface area contributed by atoms with Crippen LogP contribution in [0.4, 0.5) is 0 Å². The number of carbonyl (C=O) groups is 1. The number of nitrogens with zero attached hydrogens (tertiary/aromatic N) is 2. The van der Waals surface area contributed by atoms with Gasteiger partial charge < -0.3 is 20.9 Å². The van der Waals surface area contributed by atoms with E-state index in [2.05, 4.69) is 29.1 Å². The van der Waals surface area contributed by atoms with Gasteiger partial charge in [-0.25, -0.2) is 0 Å². The van der Waals surface area contributed by atoms with E-state index in [-0.39, 0.29) is 11.9 Å². The molecule has 0 radical (unpaired) electrons. The summed E-state index contributed by atoms with van der Waals surface area (Å²) in [4.78, 5) is 16.6. The predicted octanol–water partition coefficient (Wildman–Crippen LogP) is 1.03. The van der Waals surface area contributed by atoms with Gasteiger partial charge in [0.1, 0.15) is 0 Å². The quantitative estimate of drug-likeness (QED) is 0.657. The topological polar surface area (TPSA) is 61.6 Å². The first-order chi connectivity index (χ1) is 9.74. The molecule has 5 heteroatoms. The van der Waals surface area contributed by atoms with Gasteiger partial charge in [0.25, 0.3) is 0 Å². The number of likely N-dealkylation sites (N-methyl/N-ethyl adjacent to an activating group) is 1. The lowest BCUT2D eigenvalue weighted by Crippen LogP contribution is -2.55. The summed E-state index contributed by atoms with van der Waals surface area (Å²) in [5.74, 6) is -0.246. The molecule has 3 N–H and O–H groups in total. The summed E-state index contributed by atoms with van der Waals surface area (Å²) < 4.78 is 0. The standard InChI is InChI=1S/C16H34N4O/c1-13(2)18-16(4,15(17)21)8-6-7-9-20-11-10-19(5)14(3)12-20/h13-14,18H,6-12H2,1-5H3,(H2,17,21). The van der Waals surface area contributed by atoms with Crippen molar-refractivity contribution in [2.24, 2.45) is 5.73 Å². The number of hydrogen-bond donors (Lipinski definition) is 2.